The maximum absolute atomic E-state index is 5.88. The second-order valence-corrected chi connectivity index (χ2v) is 6.86. The molecule has 0 saturated heterocycles. The van der Waals surface area contributed by atoms with Crippen molar-refractivity contribution in [1.29, 1.82) is 0 Å². The highest BCUT2D eigenvalue weighted by molar-refractivity contribution is 5.30. The minimum Gasteiger partial charge on any atom is -0.489 e. The van der Waals surface area contributed by atoms with Crippen LogP contribution >= 0.6 is 0 Å². The van der Waals surface area contributed by atoms with Crippen molar-refractivity contribution in [2.45, 2.75) is 52.7 Å². The minimum atomic E-state index is 0.486. The molecule has 0 fully saturated rings. The predicted molar refractivity (Wildman–Crippen MR) is 103 cm³/mol. The molecule has 2 nitrogen and oxygen atoms in total. The molecule has 2 heteroatoms. The Morgan fingerprint density at radius 1 is 0.917 bits per heavy atom. The lowest BCUT2D eigenvalue weighted by molar-refractivity contribution is 0.306. The third-order valence-electron chi connectivity index (χ3n) is 4.54. The number of nitrogens with one attached hydrogen (secondary N) is 1. The van der Waals surface area contributed by atoms with Crippen molar-refractivity contribution >= 4 is 0 Å². The molecule has 0 saturated carbocycles. The van der Waals surface area contributed by atoms with Crippen LogP contribution in [0.15, 0.2) is 54.6 Å². The van der Waals surface area contributed by atoms with Gasteiger partial charge in [0.2, 0.25) is 0 Å². The van der Waals surface area contributed by atoms with Crippen LogP contribution in [0.3, 0.4) is 0 Å². The smallest absolute Gasteiger partial charge is 0.119 e. The maximum Gasteiger partial charge on any atom is 0.119 e. The second-order valence-electron chi connectivity index (χ2n) is 6.86. The molecule has 130 valence electrons. The average Bonchev–Trinajstić information content (AvgIpc) is 2.61. The molecule has 0 heterocycles. The first-order valence-corrected chi connectivity index (χ1v) is 9.12. The fourth-order valence-electron chi connectivity index (χ4n) is 3.12. The van der Waals surface area contributed by atoms with Crippen molar-refractivity contribution in [1.82, 2.24) is 5.32 Å². The van der Waals surface area contributed by atoms with E-state index in [9.17, 15) is 0 Å². The van der Waals surface area contributed by atoms with Crippen LogP contribution in [0.4, 0.5) is 0 Å². The van der Waals surface area contributed by atoms with Gasteiger partial charge < -0.3 is 10.1 Å². The van der Waals surface area contributed by atoms with E-state index >= 15 is 0 Å². The first-order chi connectivity index (χ1) is 11.6. The summed E-state index contributed by atoms with van der Waals surface area (Å²) in [6, 6.07) is 19.4. The van der Waals surface area contributed by atoms with Crippen LogP contribution in [0.25, 0.3) is 0 Å². The normalized spacial score (nSPS) is 13.7. The minimum absolute atomic E-state index is 0.486. The lowest BCUT2D eigenvalue weighted by Crippen LogP contribution is -2.38. The Kier molecular flexibility index (Phi) is 7.33. The molecular weight excluding hydrogens is 294 g/mol. The summed E-state index contributed by atoms with van der Waals surface area (Å²) >= 11 is 0. The summed E-state index contributed by atoms with van der Waals surface area (Å²) in [6.07, 6.45) is 1.17. The van der Waals surface area contributed by atoms with Gasteiger partial charge in [-0.05, 0) is 48.1 Å². The van der Waals surface area contributed by atoms with E-state index in [1.54, 1.807) is 0 Å². The number of ether oxygens (including phenoxy) is 1. The highest BCUT2D eigenvalue weighted by atomic mass is 16.5. The second kappa shape index (κ2) is 9.48. The Morgan fingerprint density at radius 2 is 1.58 bits per heavy atom. The summed E-state index contributed by atoms with van der Waals surface area (Å²) < 4.78 is 5.88. The van der Waals surface area contributed by atoms with E-state index in [4.69, 9.17) is 4.74 Å². The Hall–Kier alpha value is -1.80. The van der Waals surface area contributed by atoms with Crippen molar-refractivity contribution in [3.05, 3.63) is 65.7 Å². The lowest BCUT2D eigenvalue weighted by atomic mass is 9.86. The molecule has 1 N–H and O–H groups in total. The van der Waals surface area contributed by atoms with E-state index < -0.39 is 0 Å². The molecule has 0 aliphatic heterocycles. The monoisotopic (exact) mass is 325 g/mol. The molecule has 0 radical (unpaired) electrons. The van der Waals surface area contributed by atoms with Gasteiger partial charge in [0.25, 0.3) is 0 Å². The summed E-state index contributed by atoms with van der Waals surface area (Å²) in [6.45, 7) is 10.8. The van der Waals surface area contributed by atoms with Gasteiger partial charge in [0.05, 0.1) is 0 Å². The molecule has 0 aliphatic carbocycles. The standard InChI is InChI=1S/C22H31NO/c1-5-15-23-22(17(2)3)18(4)20-11-13-21(14-12-20)24-16-19-9-7-6-8-10-19/h6-14,17-18,22-23H,5,15-16H2,1-4H3. The lowest BCUT2D eigenvalue weighted by Gasteiger charge is -2.29. The molecular formula is C22H31NO. The average molecular weight is 325 g/mol. The highest BCUT2D eigenvalue weighted by Crippen LogP contribution is 2.26. The molecule has 0 amide bonds. The molecule has 24 heavy (non-hydrogen) atoms. The molecule has 2 aromatic carbocycles. The van der Waals surface area contributed by atoms with Crippen LogP contribution in [-0.4, -0.2) is 12.6 Å². The number of hydrogen-bond acceptors (Lipinski definition) is 2. The first-order valence-electron chi connectivity index (χ1n) is 9.12. The van der Waals surface area contributed by atoms with Gasteiger partial charge in [-0.2, -0.15) is 0 Å². The van der Waals surface area contributed by atoms with Crippen molar-refractivity contribution in [3.63, 3.8) is 0 Å². The van der Waals surface area contributed by atoms with E-state index in [1.165, 1.54) is 17.5 Å². The molecule has 0 spiro atoms. The molecule has 2 aromatic rings. The quantitative estimate of drug-likeness (QED) is 0.667. The van der Waals surface area contributed by atoms with Crippen LogP contribution in [-0.2, 0) is 6.61 Å². The zero-order valence-electron chi connectivity index (χ0n) is 15.5. The van der Waals surface area contributed by atoms with Gasteiger partial charge in [-0.25, -0.2) is 0 Å². The highest BCUT2D eigenvalue weighted by Gasteiger charge is 2.21. The van der Waals surface area contributed by atoms with Crippen molar-refractivity contribution < 1.29 is 4.74 Å². The van der Waals surface area contributed by atoms with Gasteiger partial charge >= 0.3 is 0 Å². The van der Waals surface area contributed by atoms with Crippen molar-refractivity contribution in [3.8, 4) is 5.75 Å². The predicted octanol–water partition coefficient (Wildman–Crippen LogP) is 5.39. The summed E-state index contributed by atoms with van der Waals surface area (Å²) in [4.78, 5) is 0. The Bertz CT molecular complexity index is 577. The Labute approximate surface area is 147 Å². The van der Waals surface area contributed by atoms with E-state index in [2.05, 4.69) is 69.4 Å². The summed E-state index contributed by atoms with van der Waals surface area (Å²) in [5.41, 5.74) is 2.56. The third-order valence-corrected chi connectivity index (χ3v) is 4.54. The zero-order chi connectivity index (χ0) is 17.4. The van der Waals surface area contributed by atoms with Gasteiger partial charge in [0.1, 0.15) is 12.4 Å². The Morgan fingerprint density at radius 3 is 2.17 bits per heavy atom. The van der Waals surface area contributed by atoms with Crippen LogP contribution in [0.5, 0.6) is 5.75 Å². The van der Waals surface area contributed by atoms with Crippen molar-refractivity contribution in [2.24, 2.45) is 5.92 Å². The van der Waals surface area contributed by atoms with Gasteiger partial charge in [0.15, 0.2) is 0 Å². The van der Waals surface area contributed by atoms with E-state index in [0.29, 0.717) is 24.5 Å². The van der Waals surface area contributed by atoms with Gasteiger partial charge in [-0.3, -0.25) is 0 Å². The molecule has 0 aromatic heterocycles. The first kappa shape index (κ1) is 18.5. The topological polar surface area (TPSA) is 21.3 Å². The van der Waals surface area contributed by atoms with E-state index in [1.807, 2.05) is 18.2 Å². The summed E-state index contributed by atoms with van der Waals surface area (Å²) in [5.74, 6) is 2.03. The van der Waals surface area contributed by atoms with Crippen LogP contribution in [0.2, 0.25) is 0 Å². The molecule has 2 atom stereocenters. The van der Waals surface area contributed by atoms with E-state index in [-0.39, 0.29) is 0 Å². The van der Waals surface area contributed by atoms with Gasteiger partial charge in [0, 0.05) is 6.04 Å². The third kappa shape index (κ3) is 5.38. The maximum atomic E-state index is 5.88. The summed E-state index contributed by atoms with van der Waals surface area (Å²) in [7, 11) is 0. The van der Waals surface area contributed by atoms with Crippen molar-refractivity contribution in [2.75, 3.05) is 6.54 Å². The van der Waals surface area contributed by atoms with Crippen LogP contribution in [0, 0.1) is 5.92 Å². The molecule has 0 aliphatic rings. The molecule has 2 unspecified atom stereocenters. The number of rotatable bonds is 9. The fraction of sp³-hybridized carbons (Fsp3) is 0.455. The number of hydrogen-bond donors (Lipinski definition) is 1. The molecule has 2 rings (SSSR count). The number of benzene rings is 2. The van der Waals surface area contributed by atoms with Crippen LogP contribution < -0.4 is 10.1 Å². The van der Waals surface area contributed by atoms with Crippen LogP contribution in [0.1, 0.15) is 51.2 Å². The van der Waals surface area contributed by atoms with Gasteiger partial charge in [-0.1, -0.05) is 70.2 Å². The van der Waals surface area contributed by atoms with Gasteiger partial charge in [-0.15, -0.1) is 0 Å². The summed E-state index contributed by atoms with van der Waals surface area (Å²) in [5, 5.41) is 3.70. The Balaban J connectivity index is 1.97. The SMILES string of the molecule is CCCNC(C(C)C)C(C)c1ccc(OCc2ccccc2)cc1. The molecule has 0 bridgehead atoms. The van der Waals surface area contributed by atoms with E-state index in [0.717, 1.165) is 12.3 Å². The largest absolute Gasteiger partial charge is 0.489 e. The fourth-order valence-corrected chi connectivity index (χ4v) is 3.12. The zero-order valence-corrected chi connectivity index (χ0v) is 15.5.